The molecule has 0 saturated carbocycles. The van der Waals surface area contributed by atoms with Crippen molar-refractivity contribution in [3.63, 3.8) is 0 Å². The molecule has 4 nitrogen and oxygen atoms in total. The molecule has 86 valence electrons. The highest BCUT2D eigenvalue weighted by molar-refractivity contribution is 6.03. The summed E-state index contributed by atoms with van der Waals surface area (Å²) in [5.41, 5.74) is -0.377. The Morgan fingerprint density at radius 2 is 2.00 bits per heavy atom. The number of hydrogen-bond donors (Lipinski definition) is 2. The van der Waals surface area contributed by atoms with Crippen LogP contribution >= 0.6 is 0 Å². The molecule has 0 aromatic heterocycles. The third kappa shape index (κ3) is 2.75. The third-order valence-corrected chi connectivity index (χ3v) is 1.95. The van der Waals surface area contributed by atoms with Crippen molar-refractivity contribution in [3.05, 3.63) is 29.8 Å². The van der Waals surface area contributed by atoms with Crippen molar-refractivity contribution in [1.29, 1.82) is 0 Å². The molecular weight excluding hydrogens is 220 g/mol. The molecule has 1 atom stereocenters. The van der Waals surface area contributed by atoms with Crippen LogP contribution in [0.3, 0.4) is 0 Å². The van der Waals surface area contributed by atoms with E-state index in [0.717, 1.165) is 25.1 Å². The molecular formula is C10H9F2NO3. The Morgan fingerprint density at radius 1 is 1.38 bits per heavy atom. The van der Waals surface area contributed by atoms with E-state index in [0.29, 0.717) is 0 Å². The number of carboxylic acids is 1. The van der Waals surface area contributed by atoms with Crippen LogP contribution in [0.2, 0.25) is 0 Å². The number of halogens is 2. The van der Waals surface area contributed by atoms with Crippen LogP contribution < -0.4 is 5.32 Å². The van der Waals surface area contributed by atoms with Crippen LogP contribution in [0, 0.1) is 17.6 Å². The van der Waals surface area contributed by atoms with Crippen LogP contribution in [-0.4, -0.2) is 17.0 Å². The lowest BCUT2D eigenvalue weighted by atomic mass is 10.1. The average molecular weight is 229 g/mol. The first-order chi connectivity index (χ1) is 7.41. The Hall–Kier alpha value is -1.98. The van der Waals surface area contributed by atoms with Gasteiger partial charge in [0.05, 0.1) is 5.69 Å². The van der Waals surface area contributed by atoms with E-state index in [4.69, 9.17) is 5.11 Å². The topological polar surface area (TPSA) is 66.4 Å². The second-order valence-electron chi connectivity index (χ2n) is 3.17. The quantitative estimate of drug-likeness (QED) is 0.774. The van der Waals surface area contributed by atoms with E-state index in [9.17, 15) is 18.4 Å². The number of aliphatic carboxylic acids is 1. The lowest BCUT2D eigenvalue weighted by Gasteiger charge is -2.08. The van der Waals surface area contributed by atoms with E-state index in [1.165, 1.54) is 0 Å². The molecule has 1 amide bonds. The molecule has 6 heteroatoms. The third-order valence-electron chi connectivity index (χ3n) is 1.95. The highest BCUT2D eigenvalue weighted by Gasteiger charge is 2.21. The van der Waals surface area contributed by atoms with Gasteiger partial charge in [-0.1, -0.05) is 0 Å². The maximum atomic E-state index is 13.1. The van der Waals surface area contributed by atoms with Crippen molar-refractivity contribution in [2.24, 2.45) is 5.92 Å². The number of carbonyl (C=O) groups is 2. The van der Waals surface area contributed by atoms with Gasteiger partial charge in [-0.3, -0.25) is 9.59 Å². The Bertz CT molecular complexity index is 434. The van der Waals surface area contributed by atoms with Gasteiger partial charge < -0.3 is 10.4 Å². The summed E-state index contributed by atoms with van der Waals surface area (Å²) in [6.45, 7) is 1.15. The van der Waals surface area contributed by atoms with Gasteiger partial charge in [-0.05, 0) is 19.1 Å². The molecule has 0 bridgehead atoms. The van der Waals surface area contributed by atoms with Crippen molar-refractivity contribution < 1.29 is 23.5 Å². The van der Waals surface area contributed by atoms with E-state index in [1.807, 2.05) is 5.32 Å². The van der Waals surface area contributed by atoms with E-state index in [1.54, 1.807) is 0 Å². The summed E-state index contributed by atoms with van der Waals surface area (Å²) >= 11 is 0. The monoisotopic (exact) mass is 229 g/mol. The van der Waals surface area contributed by atoms with E-state index < -0.39 is 29.4 Å². The molecule has 16 heavy (non-hydrogen) atoms. The van der Waals surface area contributed by atoms with Gasteiger partial charge in [0, 0.05) is 6.07 Å². The summed E-state index contributed by atoms with van der Waals surface area (Å²) in [5, 5.41) is 10.5. The minimum Gasteiger partial charge on any atom is -0.481 e. The van der Waals surface area contributed by atoms with Gasteiger partial charge in [0.25, 0.3) is 0 Å². The lowest BCUT2D eigenvalue weighted by molar-refractivity contribution is -0.144. The second-order valence-corrected chi connectivity index (χ2v) is 3.17. The molecule has 1 rings (SSSR count). The standard InChI is InChI=1S/C10H9F2NO3/c1-5(10(15)16)9(14)13-8-4-6(11)2-3-7(8)12/h2-5H,1H3,(H,13,14)(H,15,16). The Balaban J connectivity index is 2.84. The maximum Gasteiger partial charge on any atom is 0.315 e. The van der Waals surface area contributed by atoms with Crippen LogP contribution in [0.5, 0.6) is 0 Å². The van der Waals surface area contributed by atoms with Crippen LogP contribution in [0.4, 0.5) is 14.5 Å². The van der Waals surface area contributed by atoms with Gasteiger partial charge in [0.15, 0.2) is 0 Å². The number of carbonyl (C=O) groups excluding carboxylic acids is 1. The molecule has 1 aromatic rings. The minimum atomic E-state index is -1.34. The number of carboxylic acid groups (broad SMARTS) is 1. The SMILES string of the molecule is CC(C(=O)O)C(=O)Nc1cc(F)ccc1F. The highest BCUT2D eigenvalue weighted by Crippen LogP contribution is 2.16. The molecule has 0 aliphatic heterocycles. The predicted octanol–water partition coefficient (Wildman–Crippen LogP) is 1.62. The summed E-state index contributed by atoms with van der Waals surface area (Å²) in [6, 6.07) is 2.52. The number of benzene rings is 1. The van der Waals surface area contributed by atoms with E-state index in [-0.39, 0.29) is 5.69 Å². The van der Waals surface area contributed by atoms with Crippen molar-refractivity contribution in [1.82, 2.24) is 0 Å². The first-order valence-corrected chi connectivity index (χ1v) is 4.40. The van der Waals surface area contributed by atoms with E-state index in [2.05, 4.69) is 0 Å². The fourth-order valence-electron chi connectivity index (χ4n) is 0.946. The fourth-order valence-corrected chi connectivity index (χ4v) is 0.946. The first-order valence-electron chi connectivity index (χ1n) is 4.40. The largest absolute Gasteiger partial charge is 0.481 e. The number of amides is 1. The van der Waals surface area contributed by atoms with Gasteiger partial charge >= 0.3 is 5.97 Å². The molecule has 2 N–H and O–H groups in total. The van der Waals surface area contributed by atoms with Crippen molar-refractivity contribution in [2.45, 2.75) is 6.92 Å². The predicted molar refractivity (Wildman–Crippen MR) is 51.8 cm³/mol. The Labute approximate surface area is 89.9 Å². The van der Waals surface area contributed by atoms with Crippen LogP contribution in [-0.2, 0) is 9.59 Å². The summed E-state index contributed by atoms with van der Waals surface area (Å²) in [7, 11) is 0. The van der Waals surface area contributed by atoms with E-state index >= 15 is 0 Å². The zero-order chi connectivity index (χ0) is 12.3. The summed E-state index contributed by atoms with van der Waals surface area (Å²) in [5.74, 6) is -5.12. The van der Waals surface area contributed by atoms with Crippen LogP contribution in [0.1, 0.15) is 6.92 Å². The van der Waals surface area contributed by atoms with Gasteiger partial charge in [0.2, 0.25) is 5.91 Å². The van der Waals surface area contributed by atoms with Gasteiger partial charge in [-0.15, -0.1) is 0 Å². The smallest absolute Gasteiger partial charge is 0.315 e. The maximum absolute atomic E-state index is 13.1. The molecule has 0 spiro atoms. The molecule has 0 aliphatic carbocycles. The lowest BCUT2D eigenvalue weighted by Crippen LogP contribution is -2.27. The highest BCUT2D eigenvalue weighted by atomic mass is 19.1. The molecule has 0 radical (unpaired) electrons. The molecule has 0 heterocycles. The molecule has 0 aliphatic rings. The molecule has 0 saturated heterocycles. The van der Waals surface area contributed by atoms with Crippen LogP contribution in [0.15, 0.2) is 18.2 Å². The van der Waals surface area contributed by atoms with Crippen molar-refractivity contribution in [3.8, 4) is 0 Å². The minimum absolute atomic E-state index is 0.377. The Kier molecular flexibility index (Phi) is 3.55. The zero-order valence-corrected chi connectivity index (χ0v) is 8.33. The van der Waals surface area contributed by atoms with Gasteiger partial charge in [0.1, 0.15) is 17.6 Å². The number of hydrogen-bond acceptors (Lipinski definition) is 2. The van der Waals surface area contributed by atoms with Gasteiger partial charge in [-0.2, -0.15) is 0 Å². The van der Waals surface area contributed by atoms with Gasteiger partial charge in [-0.25, -0.2) is 8.78 Å². The molecule has 0 fully saturated rings. The average Bonchev–Trinajstić information content (AvgIpc) is 2.22. The zero-order valence-electron chi connectivity index (χ0n) is 8.33. The fraction of sp³-hybridized carbons (Fsp3) is 0.200. The normalized spacial score (nSPS) is 11.9. The second kappa shape index (κ2) is 4.69. The Morgan fingerprint density at radius 3 is 2.56 bits per heavy atom. The number of nitrogens with one attached hydrogen (secondary N) is 1. The van der Waals surface area contributed by atoms with Crippen LogP contribution in [0.25, 0.3) is 0 Å². The number of rotatable bonds is 3. The van der Waals surface area contributed by atoms with Crippen molar-refractivity contribution >= 4 is 17.6 Å². The molecule has 1 unspecified atom stereocenters. The number of anilines is 1. The summed E-state index contributed by atoms with van der Waals surface area (Å²) in [6.07, 6.45) is 0. The first kappa shape index (κ1) is 12.1. The summed E-state index contributed by atoms with van der Waals surface area (Å²) < 4.78 is 25.8. The summed E-state index contributed by atoms with van der Waals surface area (Å²) in [4.78, 5) is 21.7. The molecule has 1 aromatic carbocycles. The van der Waals surface area contributed by atoms with Crippen molar-refractivity contribution in [2.75, 3.05) is 5.32 Å².